The Labute approximate surface area is 167 Å². The molecule has 0 fully saturated rings. The van der Waals surface area contributed by atoms with Crippen LogP contribution in [0.25, 0.3) is 0 Å². The Bertz CT molecular complexity index is 859. The molecule has 0 saturated heterocycles. The number of nitrogens with zero attached hydrogens (tertiary/aromatic N) is 2. The molecular weight excluding hydrogens is 408 g/mol. The lowest BCUT2D eigenvalue weighted by Gasteiger charge is -2.09. The van der Waals surface area contributed by atoms with Crippen molar-refractivity contribution in [3.63, 3.8) is 0 Å². The molecule has 1 aromatic heterocycles. The molecule has 0 aliphatic carbocycles. The minimum absolute atomic E-state index is 0.571. The number of hydrogen-bond donors (Lipinski definition) is 2. The summed E-state index contributed by atoms with van der Waals surface area (Å²) in [5.74, 6) is 0.717. The molecule has 0 amide bonds. The number of rotatable bonds is 6. The molecule has 3 rings (SSSR count). The number of anilines is 1. The van der Waals surface area contributed by atoms with Gasteiger partial charge < -0.3 is 10.6 Å². The van der Waals surface area contributed by atoms with Gasteiger partial charge in [-0.2, -0.15) is 5.10 Å². The second-order valence-electron chi connectivity index (χ2n) is 6.13. The molecule has 4 nitrogen and oxygen atoms in total. The highest BCUT2D eigenvalue weighted by Crippen LogP contribution is 2.20. The molecule has 1 heterocycles. The summed E-state index contributed by atoms with van der Waals surface area (Å²) < 4.78 is 2.78. The van der Waals surface area contributed by atoms with E-state index in [1.807, 2.05) is 29.1 Å². The van der Waals surface area contributed by atoms with Gasteiger partial charge in [-0.1, -0.05) is 60.2 Å². The van der Waals surface area contributed by atoms with E-state index < -0.39 is 0 Å². The minimum Gasteiger partial charge on any atom is -0.362 e. The van der Waals surface area contributed by atoms with Crippen molar-refractivity contribution in [1.29, 1.82) is 0 Å². The van der Waals surface area contributed by atoms with E-state index in [-0.39, 0.29) is 0 Å². The van der Waals surface area contributed by atoms with Crippen LogP contribution in [0.2, 0.25) is 0 Å². The van der Waals surface area contributed by atoms with Crippen LogP contribution in [-0.2, 0) is 13.0 Å². The number of aryl methyl sites for hydroxylation is 1. The van der Waals surface area contributed by atoms with Crippen molar-refractivity contribution in [1.82, 2.24) is 15.1 Å². The summed E-state index contributed by atoms with van der Waals surface area (Å²) in [7, 11) is 0. The zero-order valence-corrected chi connectivity index (χ0v) is 17.0. The van der Waals surface area contributed by atoms with Crippen LogP contribution in [0.5, 0.6) is 0 Å². The van der Waals surface area contributed by atoms with Crippen molar-refractivity contribution in [2.24, 2.45) is 0 Å². The third-order valence-corrected chi connectivity index (χ3v) is 4.78. The second-order valence-corrected chi connectivity index (χ2v) is 7.39. The van der Waals surface area contributed by atoms with Crippen molar-refractivity contribution in [2.75, 3.05) is 11.9 Å². The van der Waals surface area contributed by atoms with E-state index in [2.05, 4.69) is 75.0 Å². The summed E-state index contributed by atoms with van der Waals surface area (Å²) in [4.78, 5) is 0. The first kappa shape index (κ1) is 18.6. The summed E-state index contributed by atoms with van der Waals surface area (Å²) in [5.41, 5.74) is 3.75. The molecule has 0 radical (unpaired) electrons. The first-order valence-corrected chi connectivity index (χ1v) is 9.67. The van der Waals surface area contributed by atoms with Crippen molar-refractivity contribution >= 4 is 39.1 Å². The smallest absolute Gasteiger partial charge is 0.172 e. The fourth-order valence-corrected chi connectivity index (χ4v) is 3.17. The molecule has 0 bridgehead atoms. The van der Waals surface area contributed by atoms with Gasteiger partial charge in [0.1, 0.15) is 0 Å². The Morgan fingerprint density at radius 3 is 2.54 bits per heavy atom. The highest BCUT2D eigenvalue weighted by atomic mass is 79.9. The van der Waals surface area contributed by atoms with Gasteiger partial charge >= 0.3 is 0 Å². The van der Waals surface area contributed by atoms with Crippen LogP contribution < -0.4 is 10.6 Å². The number of hydrogen-bond acceptors (Lipinski definition) is 2. The molecule has 2 aromatic carbocycles. The van der Waals surface area contributed by atoms with Crippen LogP contribution >= 0.6 is 28.1 Å². The van der Waals surface area contributed by atoms with Gasteiger partial charge in [-0.3, -0.25) is 4.68 Å². The van der Waals surface area contributed by atoms with Gasteiger partial charge in [0.15, 0.2) is 10.9 Å². The van der Waals surface area contributed by atoms with E-state index in [1.54, 1.807) is 0 Å². The van der Waals surface area contributed by atoms with E-state index in [0.717, 1.165) is 24.0 Å². The van der Waals surface area contributed by atoms with Gasteiger partial charge in [0.2, 0.25) is 0 Å². The Morgan fingerprint density at radius 1 is 1.08 bits per heavy atom. The summed E-state index contributed by atoms with van der Waals surface area (Å²) in [5, 5.41) is 11.5. The standard InChI is InChI=1S/C20H21BrN4S/c1-15-7-9-17(10-8-15)13-25-14-18(21)19(24-25)23-20(26)22-12-11-16-5-3-2-4-6-16/h2-10,14H,11-13H2,1H3,(H2,22,23,24,26). The summed E-state index contributed by atoms with van der Waals surface area (Å²) in [6.07, 6.45) is 2.88. The number of halogens is 1. The molecule has 3 aromatic rings. The summed E-state index contributed by atoms with van der Waals surface area (Å²) in [6.45, 7) is 3.58. The van der Waals surface area contributed by atoms with E-state index in [1.165, 1.54) is 16.7 Å². The lowest BCUT2D eigenvalue weighted by molar-refractivity contribution is 0.689. The molecule has 0 aliphatic rings. The lowest BCUT2D eigenvalue weighted by atomic mass is 10.1. The van der Waals surface area contributed by atoms with Gasteiger partial charge in [-0.05, 0) is 52.6 Å². The molecule has 0 aliphatic heterocycles. The third kappa shape index (κ3) is 5.41. The number of aromatic nitrogens is 2. The highest BCUT2D eigenvalue weighted by Gasteiger charge is 2.08. The molecule has 2 N–H and O–H groups in total. The van der Waals surface area contributed by atoms with Crippen molar-refractivity contribution in [3.05, 3.63) is 82.0 Å². The fraction of sp³-hybridized carbons (Fsp3) is 0.200. The average Bonchev–Trinajstić information content (AvgIpc) is 2.97. The fourth-order valence-electron chi connectivity index (χ4n) is 2.56. The Hall–Kier alpha value is -2.18. The maximum atomic E-state index is 5.37. The predicted molar refractivity (Wildman–Crippen MR) is 115 cm³/mol. The van der Waals surface area contributed by atoms with Crippen LogP contribution in [0, 0.1) is 6.92 Å². The molecule has 6 heteroatoms. The monoisotopic (exact) mass is 428 g/mol. The summed E-state index contributed by atoms with van der Waals surface area (Å²) in [6, 6.07) is 18.8. The van der Waals surface area contributed by atoms with Crippen LogP contribution in [0.4, 0.5) is 5.82 Å². The molecule has 134 valence electrons. The first-order chi connectivity index (χ1) is 12.6. The van der Waals surface area contributed by atoms with Gasteiger partial charge in [0.05, 0.1) is 11.0 Å². The van der Waals surface area contributed by atoms with Crippen LogP contribution in [-0.4, -0.2) is 21.4 Å². The number of nitrogens with one attached hydrogen (secondary N) is 2. The van der Waals surface area contributed by atoms with E-state index in [4.69, 9.17) is 12.2 Å². The first-order valence-electron chi connectivity index (χ1n) is 8.47. The quantitative estimate of drug-likeness (QED) is 0.565. The Kier molecular flexibility index (Phi) is 6.41. The average molecular weight is 429 g/mol. The second kappa shape index (κ2) is 8.96. The topological polar surface area (TPSA) is 41.9 Å². The van der Waals surface area contributed by atoms with Gasteiger partial charge in [-0.25, -0.2) is 0 Å². The SMILES string of the molecule is Cc1ccc(Cn2cc(Br)c(NC(=S)NCCc3ccccc3)n2)cc1. The Balaban J connectivity index is 1.52. The van der Waals surface area contributed by atoms with Gasteiger partial charge in [0, 0.05) is 12.7 Å². The van der Waals surface area contributed by atoms with E-state index >= 15 is 0 Å². The third-order valence-electron chi connectivity index (χ3n) is 3.96. The Morgan fingerprint density at radius 2 is 1.81 bits per heavy atom. The van der Waals surface area contributed by atoms with Gasteiger partial charge in [0.25, 0.3) is 0 Å². The molecular formula is C20H21BrN4S. The minimum atomic E-state index is 0.571. The largest absolute Gasteiger partial charge is 0.362 e. The van der Waals surface area contributed by atoms with Crippen molar-refractivity contribution < 1.29 is 0 Å². The zero-order chi connectivity index (χ0) is 18.4. The lowest BCUT2D eigenvalue weighted by Crippen LogP contribution is -2.30. The molecule has 0 spiro atoms. The maximum Gasteiger partial charge on any atom is 0.172 e. The normalized spacial score (nSPS) is 10.5. The van der Waals surface area contributed by atoms with Crippen LogP contribution in [0.15, 0.2) is 65.3 Å². The molecule has 0 atom stereocenters. The molecule has 26 heavy (non-hydrogen) atoms. The van der Waals surface area contributed by atoms with E-state index in [0.29, 0.717) is 10.9 Å². The van der Waals surface area contributed by atoms with E-state index in [9.17, 15) is 0 Å². The molecule has 0 unspecified atom stereocenters. The maximum absolute atomic E-state index is 5.37. The summed E-state index contributed by atoms with van der Waals surface area (Å²) >= 11 is 8.91. The highest BCUT2D eigenvalue weighted by molar-refractivity contribution is 9.10. The van der Waals surface area contributed by atoms with Crippen molar-refractivity contribution in [2.45, 2.75) is 19.9 Å². The van der Waals surface area contributed by atoms with Crippen LogP contribution in [0.3, 0.4) is 0 Å². The predicted octanol–water partition coefficient (Wildman–Crippen LogP) is 4.53. The number of thiocarbonyl (C=S) groups is 1. The molecule has 0 saturated carbocycles. The van der Waals surface area contributed by atoms with Crippen molar-refractivity contribution in [3.8, 4) is 0 Å². The van der Waals surface area contributed by atoms with Gasteiger partial charge in [-0.15, -0.1) is 0 Å². The van der Waals surface area contributed by atoms with Crippen LogP contribution in [0.1, 0.15) is 16.7 Å². The zero-order valence-electron chi connectivity index (χ0n) is 14.6. The number of benzene rings is 2.